The molecule has 0 aromatic heterocycles. The van der Waals surface area contributed by atoms with E-state index in [0.717, 1.165) is 12.8 Å². The van der Waals surface area contributed by atoms with Gasteiger partial charge in [-0.1, -0.05) is 6.92 Å². The van der Waals surface area contributed by atoms with E-state index >= 15 is 0 Å². The minimum Gasteiger partial charge on any atom is -0.356 e. The summed E-state index contributed by atoms with van der Waals surface area (Å²) in [6.45, 7) is 9.37. The fourth-order valence-electron chi connectivity index (χ4n) is 1.57. The van der Waals surface area contributed by atoms with Crippen LogP contribution in [0.15, 0.2) is 0 Å². The maximum Gasteiger partial charge on any atom is 0.240 e. The van der Waals surface area contributed by atoms with E-state index in [0.29, 0.717) is 12.5 Å². The van der Waals surface area contributed by atoms with Crippen LogP contribution in [0.3, 0.4) is 0 Å². The molecule has 1 rings (SSSR count). The molecule has 0 spiro atoms. The third kappa shape index (κ3) is 2.47. The lowest BCUT2D eigenvalue weighted by Crippen LogP contribution is -2.34. The topological polar surface area (TPSA) is 22.8 Å². The summed E-state index contributed by atoms with van der Waals surface area (Å²) in [5.74, 6) is 0.607. The van der Waals surface area contributed by atoms with Crippen molar-refractivity contribution in [2.45, 2.75) is 32.2 Å². The molecule has 0 aromatic carbocycles. The molecule has 0 amide bonds. The molecule has 68 valence electrons. The quantitative estimate of drug-likeness (QED) is 0.587. The lowest BCUT2D eigenvalue weighted by atomic mass is 9.97. The fourth-order valence-corrected chi connectivity index (χ4v) is 1.57. The molecule has 0 aliphatic carbocycles. The van der Waals surface area contributed by atoms with E-state index < -0.39 is 0 Å². The van der Waals surface area contributed by atoms with E-state index in [1.165, 1.54) is 0 Å². The largest absolute Gasteiger partial charge is 0.356 e. The minimum absolute atomic E-state index is 0.0798. The summed E-state index contributed by atoms with van der Waals surface area (Å²) in [6.07, 6.45) is 1.92. The van der Waals surface area contributed by atoms with Crippen molar-refractivity contribution in [3.8, 4) is 0 Å². The molecule has 1 aliphatic rings. The molecule has 0 aromatic rings. The number of ether oxygens (including phenoxy) is 2. The van der Waals surface area contributed by atoms with Gasteiger partial charge in [-0.25, -0.2) is 6.57 Å². The van der Waals surface area contributed by atoms with Gasteiger partial charge in [0.2, 0.25) is 6.54 Å². The zero-order valence-corrected chi connectivity index (χ0v) is 7.62. The van der Waals surface area contributed by atoms with Gasteiger partial charge in [0.05, 0.1) is 0 Å². The average Bonchev–Trinajstić information content (AvgIpc) is 2.04. The van der Waals surface area contributed by atoms with Crippen LogP contribution in [-0.2, 0) is 9.47 Å². The molecule has 0 radical (unpaired) electrons. The van der Waals surface area contributed by atoms with Crippen molar-refractivity contribution >= 4 is 0 Å². The summed E-state index contributed by atoms with van der Waals surface area (Å²) in [5.41, 5.74) is 0. The Hall–Kier alpha value is -0.590. The first-order valence-corrected chi connectivity index (χ1v) is 4.27. The highest BCUT2D eigenvalue weighted by Crippen LogP contribution is 2.24. The predicted octanol–water partition coefficient (Wildman–Crippen LogP) is 1.69. The molecule has 1 unspecified atom stereocenters. The van der Waals surface area contributed by atoms with Crippen LogP contribution in [0.2, 0.25) is 0 Å². The molecular formula is C9H15NO2. The molecule has 3 nitrogen and oxygen atoms in total. The van der Waals surface area contributed by atoms with E-state index in [1.54, 1.807) is 7.11 Å². The van der Waals surface area contributed by atoms with Gasteiger partial charge in [0.1, 0.15) is 6.10 Å². The average molecular weight is 169 g/mol. The van der Waals surface area contributed by atoms with Crippen LogP contribution < -0.4 is 0 Å². The molecule has 12 heavy (non-hydrogen) atoms. The van der Waals surface area contributed by atoms with Crippen molar-refractivity contribution in [3.63, 3.8) is 0 Å². The summed E-state index contributed by atoms with van der Waals surface area (Å²) >= 11 is 0. The van der Waals surface area contributed by atoms with Crippen LogP contribution in [0.4, 0.5) is 0 Å². The zero-order chi connectivity index (χ0) is 8.97. The number of hydrogen-bond acceptors (Lipinski definition) is 2. The Morgan fingerprint density at radius 2 is 2.33 bits per heavy atom. The van der Waals surface area contributed by atoms with Crippen LogP contribution in [0.25, 0.3) is 4.85 Å². The van der Waals surface area contributed by atoms with Gasteiger partial charge in [-0.2, -0.15) is 0 Å². The van der Waals surface area contributed by atoms with E-state index in [-0.39, 0.29) is 12.4 Å². The SMILES string of the molecule is [C-]#[N+]CC1C[C@@H](C)C[C@H](OC)O1. The first-order chi connectivity index (χ1) is 5.76. The molecular weight excluding hydrogens is 154 g/mol. The summed E-state index contributed by atoms with van der Waals surface area (Å²) < 4.78 is 10.6. The van der Waals surface area contributed by atoms with Crippen LogP contribution in [0, 0.1) is 12.5 Å². The van der Waals surface area contributed by atoms with Crippen molar-refractivity contribution in [1.29, 1.82) is 0 Å². The van der Waals surface area contributed by atoms with Crippen LogP contribution in [0.5, 0.6) is 0 Å². The monoisotopic (exact) mass is 169 g/mol. The van der Waals surface area contributed by atoms with Crippen molar-refractivity contribution in [2.75, 3.05) is 13.7 Å². The predicted molar refractivity (Wildman–Crippen MR) is 45.5 cm³/mol. The Morgan fingerprint density at radius 3 is 2.92 bits per heavy atom. The Balaban J connectivity index is 2.40. The first kappa shape index (κ1) is 9.50. The zero-order valence-electron chi connectivity index (χ0n) is 7.62. The molecule has 3 atom stereocenters. The number of hydrogen-bond donors (Lipinski definition) is 0. The molecule has 3 heteroatoms. The van der Waals surface area contributed by atoms with Crippen LogP contribution >= 0.6 is 0 Å². The van der Waals surface area contributed by atoms with Crippen molar-refractivity contribution < 1.29 is 9.47 Å². The van der Waals surface area contributed by atoms with Crippen molar-refractivity contribution in [1.82, 2.24) is 0 Å². The molecule has 0 saturated carbocycles. The number of methoxy groups -OCH3 is 1. The maximum absolute atomic E-state index is 6.73. The second kappa shape index (κ2) is 4.44. The van der Waals surface area contributed by atoms with E-state index in [1.807, 2.05) is 0 Å². The second-order valence-corrected chi connectivity index (χ2v) is 3.34. The molecule has 1 fully saturated rings. The standard InChI is InChI=1S/C9H15NO2/c1-7-4-8(6-10-2)12-9(5-7)11-3/h7-9H,4-6H2,1,3H3/t7-,8?,9-/m1/s1. The van der Waals surface area contributed by atoms with E-state index in [2.05, 4.69) is 11.8 Å². The van der Waals surface area contributed by atoms with Gasteiger partial charge in [0, 0.05) is 13.5 Å². The Kier molecular flexibility index (Phi) is 3.51. The minimum atomic E-state index is -0.0968. The van der Waals surface area contributed by atoms with Crippen molar-refractivity contribution in [2.24, 2.45) is 5.92 Å². The van der Waals surface area contributed by atoms with E-state index in [9.17, 15) is 0 Å². The summed E-state index contributed by atoms with van der Waals surface area (Å²) in [6, 6.07) is 0. The fraction of sp³-hybridized carbons (Fsp3) is 0.889. The Morgan fingerprint density at radius 1 is 1.58 bits per heavy atom. The van der Waals surface area contributed by atoms with Crippen LogP contribution in [0.1, 0.15) is 19.8 Å². The third-order valence-electron chi connectivity index (χ3n) is 2.16. The maximum atomic E-state index is 6.73. The number of rotatable bonds is 2. The Labute approximate surface area is 73.5 Å². The molecule has 0 bridgehead atoms. The normalized spacial score (nSPS) is 35.9. The van der Waals surface area contributed by atoms with Gasteiger partial charge in [-0.3, -0.25) is 0 Å². The highest BCUT2D eigenvalue weighted by Gasteiger charge is 2.28. The highest BCUT2D eigenvalue weighted by atomic mass is 16.7. The summed E-state index contributed by atoms with van der Waals surface area (Å²) in [5, 5.41) is 0. The molecule has 0 N–H and O–H groups in total. The van der Waals surface area contributed by atoms with Gasteiger partial charge in [0.25, 0.3) is 0 Å². The highest BCUT2D eigenvalue weighted by molar-refractivity contribution is 4.77. The van der Waals surface area contributed by atoms with Gasteiger partial charge < -0.3 is 14.3 Å². The second-order valence-electron chi connectivity index (χ2n) is 3.34. The third-order valence-corrected chi connectivity index (χ3v) is 2.16. The lowest BCUT2D eigenvalue weighted by molar-refractivity contribution is -0.186. The van der Waals surface area contributed by atoms with E-state index in [4.69, 9.17) is 16.0 Å². The smallest absolute Gasteiger partial charge is 0.240 e. The van der Waals surface area contributed by atoms with Crippen LogP contribution in [-0.4, -0.2) is 26.0 Å². The molecule has 1 heterocycles. The first-order valence-electron chi connectivity index (χ1n) is 4.27. The van der Waals surface area contributed by atoms with Gasteiger partial charge in [0.15, 0.2) is 6.29 Å². The van der Waals surface area contributed by atoms with Gasteiger partial charge >= 0.3 is 0 Å². The number of nitrogens with zero attached hydrogens (tertiary/aromatic N) is 1. The van der Waals surface area contributed by atoms with Crippen molar-refractivity contribution in [3.05, 3.63) is 11.4 Å². The molecule has 1 saturated heterocycles. The molecule has 1 aliphatic heterocycles. The summed E-state index contributed by atoms with van der Waals surface area (Å²) in [7, 11) is 1.65. The summed E-state index contributed by atoms with van der Waals surface area (Å²) in [4.78, 5) is 3.33. The van der Waals surface area contributed by atoms with Gasteiger partial charge in [-0.15, -0.1) is 0 Å². The lowest BCUT2D eigenvalue weighted by Gasteiger charge is -2.30. The Bertz CT molecular complexity index is 176. The van der Waals surface area contributed by atoms with Gasteiger partial charge in [-0.05, 0) is 12.3 Å².